The summed E-state index contributed by atoms with van der Waals surface area (Å²) < 4.78 is 2.01. The first-order chi connectivity index (χ1) is 9.84. The van der Waals surface area contributed by atoms with Crippen LogP contribution < -0.4 is 5.32 Å². The van der Waals surface area contributed by atoms with Gasteiger partial charge in [0.25, 0.3) is 0 Å². The molecule has 1 aliphatic heterocycles. The Bertz CT molecular complexity index is 747. The number of hydrogen-bond acceptors (Lipinski definition) is 2. The van der Waals surface area contributed by atoms with E-state index in [1.54, 1.807) is 0 Å². The molecule has 3 aromatic rings. The van der Waals surface area contributed by atoms with E-state index < -0.39 is 0 Å². The average molecular weight is 266 g/mol. The minimum atomic E-state index is 0.422. The number of nitrogens with one attached hydrogen (secondary N) is 2. The minimum Gasteiger partial charge on any atom is -0.361 e. The molecule has 0 amide bonds. The molecule has 4 rings (SSSR count). The molecule has 2 N–H and O–H groups in total. The van der Waals surface area contributed by atoms with Crippen molar-refractivity contribution in [1.82, 2.24) is 20.1 Å². The number of H-pyrrole nitrogens is 1. The van der Waals surface area contributed by atoms with E-state index in [1.807, 2.05) is 17.9 Å². The zero-order chi connectivity index (χ0) is 13.5. The highest BCUT2D eigenvalue weighted by Gasteiger charge is 2.24. The highest BCUT2D eigenvalue weighted by atomic mass is 15.3. The molecular formula is C16H18N4. The average Bonchev–Trinajstić information content (AvgIpc) is 3.16. The first-order valence-corrected chi connectivity index (χ1v) is 7.16. The highest BCUT2D eigenvalue weighted by molar-refractivity contribution is 5.96. The van der Waals surface area contributed by atoms with Gasteiger partial charge in [0.1, 0.15) is 0 Å². The zero-order valence-electron chi connectivity index (χ0n) is 11.6. The van der Waals surface area contributed by atoms with E-state index in [9.17, 15) is 0 Å². The second-order valence-electron chi connectivity index (χ2n) is 5.46. The van der Waals surface area contributed by atoms with Gasteiger partial charge in [0.15, 0.2) is 0 Å². The van der Waals surface area contributed by atoms with Crippen LogP contribution in [-0.2, 0) is 7.05 Å². The number of hydrogen-bond donors (Lipinski definition) is 2. The van der Waals surface area contributed by atoms with Crippen LogP contribution in [0, 0.1) is 0 Å². The number of aromatic nitrogens is 3. The van der Waals surface area contributed by atoms with Crippen LogP contribution in [0.15, 0.2) is 36.7 Å². The lowest BCUT2D eigenvalue weighted by atomic mass is 10.0. The van der Waals surface area contributed by atoms with Gasteiger partial charge in [-0.05, 0) is 25.5 Å². The summed E-state index contributed by atoms with van der Waals surface area (Å²) in [6, 6.07) is 8.85. The second kappa shape index (κ2) is 4.49. The van der Waals surface area contributed by atoms with Gasteiger partial charge in [-0.2, -0.15) is 5.10 Å². The van der Waals surface area contributed by atoms with E-state index in [4.69, 9.17) is 0 Å². The third kappa shape index (κ3) is 1.68. The van der Waals surface area contributed by atoms with Gasteiger partial charge in [0.2, 0.25) is 0 Å². The van der Waals surface area contributed by atoms with Gasteiger partial charge in [-0.3, -0.25) is 4.68 Å². The Morgan fingerprint density at radius 1 is 1.25 bits per heavy atom. The number of aryl methyl sites for hydroxylation is 1. The van der Waals surface area contributed by atoms with E-state index in [0.717, 1.165) is 6.54 Å². The maximum Gasteiger partial charge on any atom is 0.0629 e. The van der Waals surface area contributed by atoms with Gasteiger partial charge >= 0.3 is 0 Å². The first kappa shape index (κ1) is 11.7. The standard InChI is InChI=1S/C16H18N4/c1-20-16(15-7-4-8-17-15)13(10-19-20)12-9-18-14-6-3-2-5-11(12)14/h2-3,5-6,9-10,15,17-18H,4,7-8H2,1H3. The van der Waals surface area contributed by atoms with Crippen LogP contribution in [0.25, 0.3) is 22.0 Å². The first-order valence-electron chi connectivity index (χ1n) is 7.16. The van der Waals surface area contributed by atoms with E-state index in [0.29, 0.717) is 6.04 Å². The molecule has 1 aromatic carbocycles. The number of nitrogens with zero attached hydrogens (tertiary/aromatic N) is 2. The smallest absolute Gasteiger partial charge is 0.0629 e. The summed E-state index contributed by atoms with van der Waals surface area (Å²) in [5.74, 6) is 0. The monoisotopic (exact) mass is 266 g/mol. The molecular weight excluding hydrogens is 248 g/mol. The molecule has 0 aliphatic carbocycles. The van der Waals surface area contributed by atoms with E-state index >= 15 is 0 Å². The third-order valence-corrected chi connectivity index (χ3v) is 4.25. The Balaban J connectivity index is 1.90. The molecule has 4 nitrogen and oxygen atoms in total. The molecule has 1 aliphatic rings. The normalized spacial score (nSPS) is 18.9. The maximum atomic E-state index is 4.49. The van der Waals surface area contributed by atoms with Crippen molar-refractivity contribution >= 4 is 10.9 Å². The zero-order valence-corrected chi connectivity index (χ0v) is 11.6. The second-order valence-corrected chi connectivity index (χ2v) is 5.46. The van der Waals surface area contributed by atoms with E-state index in [-0.39, 0.29) is 0 Å². The van der Waals surface area contributed by atoms with Crippen LogP contribution in [0.2, 0.25) is 0 Å². The van der Waals surface area contributed by atoms with Crippen molar-refractivity contribution in [1.29, 1.82) is 0 Å². The number of rotatable bonds is 2. The van der Waals surface area contributed by atoms with Crippen LogP contribution in [0.1, 0.15) is 24.6 Å². The van der Waals surface area contributed by atoms with Crippen molar-refractivity contribution < 1.29 is 0 Å². The number of aromatic amines is 1. The quantitative estimate of drug-likeness (QED) is 0.749. The molecule has 2 aromatic heterocycles. The summed E-state index contributed by atoms with van der Waals surface area (Å²) in [7, 11) is 2.04. The molecule has 1 fully saturated rings. The molecule has 1 saturated heterocycles. The topological polar surface area (TPSA) is 45.6 Å². The molecule has 102 valence electrons. The largest absolute Gasteiger partial charge is 0.361 e. The lowest BCUT2D eigenvalue weighted by molar-refractivity contribution is 0.575. The number of benzene rings is 1. The summed E-state index contributed by atoms with van der Waals surface area (Å²) in [5.41, 5.74) is 4.96. The fraction of sp³-hybridized carbons (Fsp3) is 0.312. The predicted octanol–water partition coefficient (Wildman–Crippen LogP) is 2.99. The van der Waals surface area contributed by atoms with Crippen molar-refractivity contribution in [3.63, 3.8) is 0 Å². The molecule has 0 radical (unpaired) electrons. The summed E-state index contributed by atoms with van der Waals surface area (Å²) in [6.45, 7) is 1.10. The molecule has 20 heavy (non-hydrogen) atoms. The molecule has 0 saturated carbocycles. The van der Waals surface area contributed by atoms with Gasteiger partial charge in [0.05, 0.1) is 11.9 Å². The van der Waals surface area contributed by atoms with Crippen LogP contribution in [0.5, 0.6) is 0 Å². The molecule has 1 atom stereocenters. The molecule has 0 spiro atoms. The molecule has 0 bridgehead atoms. The Hall–Kier alpha value is -2.07. The SMILES string of the molecule is Cn1ncc(-c2c[nH]c3ccccc23)c1C1CCCN1. The van der Waals surface area contributed by atoms with Crippen LogP contribution in [0.3, 0.4) is 0 Å². The summed E-state index contributed by atoms with van der Waals surface area (Å²) in [4.78, 5) is 3.36. The number of para-hydroxylation sites is 1. The van der Waals surface area contributed by atoms with Crippen LogP contribution >= 0.6 is 0 Å². The van der Waals surface area contributed by atoms with Gasteiger partial charge in [-0.25, -0.2) is 0 Å². The third-order valence-electron chi connectivity index (χ3n) is 4.25. The van der Waals surface area contributed by atoms with E-state index in [2.05, 4.69) is 45.9 Å². The maximum absolute atomic E-state index is 4.49. The van der Waals surface area contributed by atoms with Crippen molar-refractivity contribution in [2.45, 2.75) is 18.9 Å². The van der Waals surface area contributed by atoms with Crippen molar-refractivity contribution in [3.8, 4) is 11.1 Å². The van der Waals surface area contributed by atoms with Crippen LogP contribution in [-0.4, -0.2) is 21.3 Å². The fourth-order valence-electron chi connectivity index (χ4n) is 3.28. The Morgan fingerprint density at radius 3 is 3.00 bits per heavy atom. The summed E-state index contributed by atoms with van der Waals surface area (Å²) in [5, 5.41) is 9.33. The summed E-state index contributed by atoms with van der Waals surface area (Å²) in [6.07, 6.45) is 6.52. The lowest BCUT2D eigenvalue weighted by Crippen LogP contribution is -2.17. The Kier molecular flexibility index (Phi) is 2.63. The molecule has 1 unspecified atom stereocenters. The number of fused-ring (bicyclic) bond motifs is 1. The van der Waals surface area contributed by atoms with Crippen molar-refractivity contribution in [2.75, 3.05) is 6.54 Å². The van der Waals surface area contributed by atoms with Crippen molar-refractivity contribution in [2.24, 2.45) is 7.05 Å². The molecule has 3 heterocycles. The lowest BCUT2D eigenvalue weighted by Gasteiger charge is -2.13. The van der Waals surface area contributed by atoms with Gasteiger partial charge in [0, 0.05) is 41.3 Å². The van der Waals surface area contributed by atoms with E-state index in [1.165, 1.54) is 40.6 Å². The summed E-state index contributed by atoms with van der Waals surface area (Å²) >= 11 is 0. The molecule has 4 heteroatoms. The predicted molar refractivity (Wildman–Crippen MR) is 80.5 cm³/mol. The van der Waals surface area contributed by atoms with Gasteiger partial charge < -0.3 is 10.3 Å². The fourth-order valence-corrected chi connectivity index (χ4v) is 3.28. The van der Waals surface area contributed by atoms with Crippen molar-refractivity contribution in [3.05, 3.63) is 42.4 Å². The Labute approximate surface area is 117 Å². The van der Waals surface area contributed by atoms with Gasteiger partial charge in [-0.1, -0.05) is 18.2 Å². The Morgan fingerprint density at radius 2 is 2.15 bits per heavy atom. The van der Waals surface area contributed by atoms with Crippen LogP contribution in [0.4, 0.5) is 0 Å². The highest BCUT2D eigenvalue weighted by Crippen LogP contribution is 2.35. The minimum absolute atomic E-state index is 0.422. The van der Waals surface area contributed by atoms with Gasteiger partial charge in [-0.15, -0.1) is 0 Å².